The molecule has 0 aliphatic carbocycles. The molecule has 1 aromatic rings. The summed E-state index contributed by atoms with van der Waals surface area (Å²) >= 11 is 0. The van der Waals surface area contributed by atoms with Crippen LogP contribution in [0.5, 0.6) is 0 Å². The average molecular weight is 412 g/mol. The molecule has 0 aromatic carbocycles. The largest absolute Gasteiger partial charge is 0.467 e. The fourth-order valence-electron chi connectivity index (χ4n) is 2.19. The summed E-state index contributed by atoms with van der Waals surface area (Å²) in [5, 5.41) is 2.37. The third-order valence-electron chi connectivity index (χ3n) is 3.26. The second kappa shape index (κ2) is 8.97. The lowest BCUT2D eigenvalue weighted by Gasteiger charge is -2.22. The van der Waals surface area contributed by atoms with Crippen LogP contribution in [-0.4, -0.2) is 54.1 Å². The second-order valence-corrected chi connectivity index (χ2v) is 8.10. The Hall–Kier alpha value is -3.04. The van der Waals surface area contributed by atoms with E-state index in [9.17, 15) is 19.2 Å². The van der Waals surface area contributed by atoms with Crippen LogP contribution in [-0.2, 0) is 23.7 Å². The topological polar surface area (TPSA) is 122 Å². The zero-order valence-electron chi connectivity index (χ0n) is 17.9. The predicted octanol–water partition coefficient (Wildman–Crippen LogP) is 2.80. The highest BCUT2D eigenvalue weighted by atomic mass is 16.6. The van der Waals surface area contributed by atoms with Crippen molar-refractivity contribution < 1.29 is 38.1 Å². The van der Waals surface area contributed by atoms with Gasteiger partial charge in [0, 0.05) is 11.8 Å². The molecule has 1 heterocycles. The summed E-state index contributed by atoms with van der Waals surface area (Å²) < 4.78 is 20.7. The first-order chi connectivity index (χ1) is 13.2. The zero-order chi connectivity index (χ0) is 22.6. The molecular formula is C19H28N2O8. The molecule has 0 fully saturated rings. The molecule has 1 rings (SSSR count). The number of rotatable bonds is 4. The highest BCUT2D eigenvalue weighted by Crippen LogP contribution is 2.22. The monoisotopic (exact) mass is 412 g/mol. The minimum atomic E-state index is -1.33. The Morgan fingerprint density at radius 3 is 1.93 bits per heavy atom. The molecule has 0 aliphatic heterocycles. The Morgan fingerprint density at radius 2 is 1.48 bits per heavy atom. The quantitative estimate of drug-likeness (QED) is 0.592. The lowest BCUT2D eigenvalue weighted by molar-refractivity contribution is -0.143. The number of hydrogen-bond donors (Lipinski definition) is 1. The van der Waals surface area contributed by atoms with Crippen LogP contribution in [0.15, 0.2) is 12.3 Å². The van der Waals surface area contributed by atoms with Crippen LogP contribution in [0.2, 0.25) is 0 Å². The van der Waals surface area contributed by atoms with Crippen LogP contribution < -0.4 is 5.32 Å². The molecular weight excluding hydrogens is 384 g/mol. The van der Waals surface area contributed by atoms with Crippen molar-refractivity contribution in [1.29, 1.82) is 0 Å². The Balaban J connectivity index is 3.35. The van der Waals surface area contributed by atoms with Crippen molar-refractivity contribution in [2.24, 2.45) is 0 Å². The Labute approximate surface area is 169 Å². The standard InChI is InChI=1S/C19H28N2O8/c1-18(2,3)28-16(24)20-13(15(23)27-8)11-9-12(14(22)26-7)21(10-11)17(25)29-19(4,5)6/h9-10,13H,1-8H3,(H,20,24)/t13-/m0/s1. The van der Waals surface area contributed by atoms with E-state index >= 15 is 0 Å². The summed E-state index contributed by atoms with van der Waals surface area (Å²) in [6.45, 7) is 9.97. The second-order valence-electron chi connectivity index (χ2n) is 8.10. The van der Waals surface area contributed by atoms with Crippen LogP contribution in [0.3, 0.4) is 0 Å². The zero-order valence-corrected chi connectivity index (χ0v) is 17.9. The van der Waals surface area contributed by atoms with Gasteiger partial charge >= 0.3 is 24.1 Å². The lowest BCUT2D eigenvalue weighted by Crippen LogP contribution is -2.38. The fourth-order valence-corrected chi connectivity index (χ4v) is 2.19. The van der Waals surface area contributed by atoms with Gasteiger partial charge in [0.2, 0.25) is 0 Å². The Bertz CT molecular complexity index is 783. The summed E-state index contributed by atoms with van der Waals surface area (Å²) in [4.78, 5) is 49.0. The van der Waals surface area contributed by atoms with Crippen molar-refractivity contribution in [3.05, 3.63) is 23.5 Å². The van der Waals surface area contributed by atoms with E-state index in [-0.39, 0.29) is 11.3 Å². The average Bonchev–Trinajstić information content (AvgIpc) is 3.00. The molecule has 0 saturated heterocycles. The SMILES string of the molecule is COC(=O)c1cc([C@H](NC(=O)OC(C)(C)C)C(=O)OC)cn1C(=O)OC(C)(C)C. The van der Waals surface area contributed by atoms with Gasteiger partial charge in [-0.15, -0.1) is 0 Å². The van der Waals surface area contributed by atoms with Crippen LogP contribution in [0, 0.1) is 0 Å². The van der Waals surface area contributed by atoms with Gasteiger partial charge in [0.25, 0.3) is 0 Å². The molecule has 1 N–H and O–H groups in total. The first-order valence-electron chi connectivity index (χ1n) is 8.80. The van der Waals surface area contributed by atoms with Gasteiger partial charge in [-0.1, -0.05) is 0 Å². The summed E-state index contributed by atoms with van der Waals surface area (Å²) in [6.07, 6.45) is -0.540. The number of carbonyl (C=O) groups is 4. The summed E-state index contributed by atoms with van der Waals surface area (Å²) in [5.41, 5.74) is -1.71. The van der Waals surface area contributed by atoms with Crippen molar-refractivity contribution in [2.45, 2.75) is 58.8 Å². The van der Waals surface area contributed by atoms with Crippen LogP contribution in [0.4, 0.5) is 9.59 Å². The third kappa shape index (κ3) is 7.13. The van der Waals surface area contributed by atoms with Crippen molar-refractivity contribution in [3.8, 4) is 0 Å². The number of amides is 1. The van der Waals surface area contributed by atoms with E-state index in [1.807, 2.05) is 0 Å². The van der Waals surface area contributed by atoms with E-state index < -0.39 is 41.4 Å². The molecule has 10 nitrogen and oxygen atoms in total. The van der Waals surface area contributed by atoms with Gasteiger partial charge in [-0.05, 0) is 47.6 Å². The van der Waals surface area contributed by atoms with Gasteiger partial charge in [-0.3, -0.25) is 0 Å². The number of aromatic nitrogens is 1. The van der Waals surface area contributed by atoms with E-state index in [1.54, 1.807) is 41.5 Å². The maximum absolute atomic E-state index is 12.5. The van der Waals surface area contributed by atoms with Gasteiger partial charge in [-0.25, -0.2) is 23.7 Å². The molecule has 29 heavy (non-hydrogen) atoms. The summed E-state index contributed by atoms with van der Waals surface area (Å²) in [7, 11) is 2.28. The van der Waals surface area contributed by atoms with Crippen molar-refractivity contribution >= 4 is 24.1 Å². The lowest BCUT2D eigenvalue weighted by atomic mass is 10.1. The first kappa shape index (κ1) is 24.0. The summed E-state index contributed by atoms with van der Waals surface area (Å²) in [5.74, 6) is -1.66. The van der Waals surface area contributed by atoms with Gasteiger partial charge < -0.3 is 24.3 Å². The molecule has 0 bridgehead atoms. The predicted molar refractivity (Wildman–Crippen MR) is 102 cm³/mol. The number of hydrogen-bond acceptors (Lipinski definition) is 8. The number of ether oxygens (including phenoxy) is 4. The highest BCUT2D eigenvalue weighted by molar-refractivity contribution is 5.93. The molecule has 0 unspecified atom stereocenters. The normalized spacial score (nSPS) is 12.6. The third-order valence-corrected chi connectivity index (χ3v) is 3.26. The molecule has 1 amide bonds. The van der Waals surface area contributed by atoms with Crippen LogP contribution in [0.1, 0.15) is 63.6 Å². The number of nitrogens with zero attached hydrogens (tertiary/aromatic N) is 1. The first-order valence-corrected chi connectivity index (χ1v) is 8.80. The number of nitrogens with one attached hydrogen (secondary N) is 1. The van der Waals surface area contributed by atoms with E-state index in [0.29, 0.717) is 0 Å². The number of esters is 2. The van der Waals surface area contributed by atoms with Gasteiger partial charge in [0.15, 0.2) is 6.04 Å². The molecule has 10 heteroatoms. The maximum atomic E-state index is 12.5. The Kier molecular flexibility index (Phi) is 7.43. The van der Waals surface area contributed by atoms with Crippen LogP contribution in [0.25, 0.3) is 0 Å². The van der Waals surface area contributed by atoms with Crippen molar-refractivity contribution in [3.63, 3.8) is 0 Å². The number of carbonyl (C=O) groups excluding carboxylic acids is 4. The number of methoxy groups -OCH3 is 2. The van der Waals surface area contributed by atoms with Crippen molar-refractivity contribution in [1.82, 2.24) is 9.88 Å². The molecule has 0 saturated carbocycles. The molecule has 1 aromatic heterocycles. The van der Waals surface area contributed by atoms with Gasteiger partial charge in [-0.2, -0.15) is 0 Å². The molecule has 1 atom stereocenters. The van der Waals surface area contributed by atoms with E-state index in [2.05, 4.69) is 10.1 Å². The van der Waals surface area contributed by atoms with E-state index in [1.165, 1.54) is 12.3 Å². The molecule has 162 valence electrons. The van der Waals surface area contributed by atoms with E-state index in [0.717, 1.165) is 18.8 Å². The van der Waals surface area contributed by atoms with Crippen LogP contribution >= 0.6 is 0 Å². The Morgan fingerprint density at radius 1 is 0.931 bits per heavy atom. The maximum Gasteiger partial charge on any atom is 0.419 e. The minimum absolute atomic E-state index is 0.106. The molecule has 0 aliphatic rings. The smallest absolute Gasteiger partial charge is 0.419 e. The van der Waals surface area contributed by atoms with E-state index in [4.69, 9.17) is 14.2 Å². The fraction of sp³-hybridized carbons (Fsp3) is 0.579. The minimum Gasteiger partial charge on any atom is -0.467 e. The van der Waals surface area contributed by atoms with Gasteiger partial charge in [0.1, 0.15) is 16.9 Å². The van der Waals surface area contributed by atoms with Crippen molar-refractivity contribution in [2.75, 3.05) is 14.2 Å². The summed E-state index contributed by atoms with van der Waals surface area (Å²) in [6, 6.07) is -0.101. The molecule has 0 radical (unpaired) electrons. The van der Waals surface area contributed by atoms with Gasteiger partial charge in [0.05, 0.1) is 14.2 Å². The highest BCUT2D eigenvalue weighted by Gasteiger charge is 2.31. The molecule has 0 spiro atoms. The number of alkyl carbamates (subject to hydrolysis) is 1.